The Balaban J connectivity index is 2.11. The maximum atomic E-state index is 9.37. The summed E-state index contributed by atoms with van der Waals surface area (Å²) in [5, 5.41) is 10.0. The summed E-state index contributed by atoms with van der Waals surface area (Å²) in [6.07, 6.45) is 9.35. The van der Waals surface area contributed by atoms with Gasteiger partial charge in [0.25, 0.3) is 0 Å². The summed E-state index contributed by atoms with van der Waals surface area (Å²) in [6, 6.07) is 12.5. The number of aliphatic hydroxyl groups is 1. The molecule has 1 saturated heterocycles. The first-order valence-electron chi connectivity index (χ1n) is 19.2. The van der Waals surface area contributed by atoms with E-state index in [1.54, 1.807) is 0 Å². The van der Waals surface area contributed by atoms with Crippen LogP contribution in [-0.4, -0.2) is 75.8 Å². The van der Waals surface area contributed by atoms with Gasteiger partial charge < -0.3 is 33.5 Å². The molecule has 0 radical (unpaired) electrons. The highest BCUT2D eigenvalue weighted by Crippen LogP contribution is 2.43. The molecule has 5 atom stereocenters. The van der Waals surface area contributed by atoms with Crippen molar-refractivity contribution in [2.75, 3.05) is 46.2 Å². The van der Waals surface area contributed by atoms with Crippen LogP contribution < -0.4 is 4.74 Å². The van der Waals surface area contributed by atoms with Crippen LogP contribution in [0.5, 0.6) is 5.75 Å². The van der Waals surface area contributed by atoms with Crippen LogP contribution in [0, 0.1) is 0 Å². The standard InChI is InChI=1S/C41H65ClO7/c1-6-11-22-44-30-37-39(46-24-13-8-3)41(48-26-15-10-5)40(47-25-14-9-4)38(49-37)34-28-33(35(42)29-36(34)45-23-12-7-2)27-32-18-16-31(17-19-32)20-21-43/h16-19,28-29,37-41,43H,6-15,20-27,30H2,1-5H3/t37-,38+,39-,40+,41+/m1/s1. The van der Waals surface area contributed by atoms with E-state index in [1.807, 2.05) is 6.07 Å². The zero-order valence-electron chi connectivity index (χ0n) is 31.1. The van der Waals surface area contributed by atoms with E-state index in [0.29, 0.717) is 57.5 Å². The molecule has 2 aromatic carbocycles. The van der Waals surface area contributed by atoms with Gasteiger partial charge in [0.05, 0.1) is 13.2 Å². The van der Waals surface area contributed by atoms with Crippen LogP contribution in [0.1, 0.15) is 127 Å². The molecule has 278 valence electrons. The highest BCUT2D eigenvalue weighted by Gasteiger charge is 2.49. The number of unbranched alkanes of at least 4 members (excludes halogenated alkanes) is 5. The summed E-state index contributed by atoms with van der Waals surface area (Å²) >= 11 is 7.01. The Kier molecular flexibility index (Phi) is 20.8. The predicted molar refractivity (Wildman–Crippen MR) is 199 cm³/mol. The molecule has 0 amide bonds. The van der Waals surface area contributed by atoms with Crippen LogP contribution in [-0.2, 0) is 36.5 Å². The third-order valence-corrected chi connectivity index (χ3v) is 9.39. The Morgan fingerprint density at radius 3 is 1.84 bits per heavy atom. The van der Waals surface area contributed by atoms with Crippen LogP contribution in [0.3, 0.4) is 0 Å². The van der Waals surface area contributed by atoms with Crippen molar-refractivity contribution >= 4 is 11.6 Å². The molecule has 49 heavy (non-hydrogen) atoms. The largest absolute Gasteiger partial charge is 0.493 e. The summed E-state index contributed by atoms with van der Waals surface area (Å²) in [6.45, 7) is 14.5. The predicted octanol–water partition coefficient (Wildman–Crippen LogP) is 9.46. The van der Waals surface area contributed by atoms with Gasteiger partial charge in [-0.2, -0.15) is 0 Å². The SMILES string of the molecule is CCCCOC[C@H]1O[C@@H](c2cc(Cc3ccc(CCO)cc3)c(Cl)cc2OCCCC)[C@H](OCCCC)[C@@H](OCCCC)[C@@H]1OCCCC. The first kappa shape index (κ1) is 41.7. The van der Waals surface area contributed by atoms with E-state index in [2.05, 4.69) is 65.0 Å². The quantitative estimate of drug-likeness (QED) is 0.0978. The molecule has 1 aliphatic heterocycles. The van der Waals surface area contributed by atoms with Gasteiger partial charge in [-0.15, -0.1) is 0 Å². The van der Waals surface area contributed by atoms with Crippen molar-refractivity contribution in [2.24, 2.45) is 0 Å². The van der Waals surface area contributed by atoms with Crippen molar-refractivity contribution in [1.82, 2.24) is 0 Å². The Labute approximate surface area is 302 Å². The molecule has 0 aromatic heterocycles. The normalized spacial score (nSPS) is 20.9. The van der Waals surface area contributed by atoms with Gasteiger partial charge in [-0.1, -0.05) is 103 Å². The van der Waals surface area contributed by atoms with Gasteiger partial charge in [-0.05, 0) is 73.8 Å². The zero-order valence-corrected chi connectivity index (χ0v) is 31.8. The Hall–Kier alpha value is -1.71. The number of hydrogen-bond acceptors (Lipinski definition) is 7. The maximum Gasteiger partial charge on any atom is 0.126 e. The van der Waals surface area contributed by atoms with Crippen molar-refractivity contribution in [3.63, 3.8) is 0 Å². The molecule has 1 N–H and O–H groups in total. The average molecular weight is 705 g/mol. The van der Waals surface area contributed by atoms with E-state index in [0.717, 1.165) is 92.2 Å². The monoisotopic (exact) mass is 704 g/mol. The summed E-state index contributed by atoms with van der Waals surface area (Å²) in [7, 11) is 0. The molecule has 3 rings (SSSR count). The highest BCUT2D eigenvalue weighted by molar-refractivity contribution is 6.31. The first-order chi connectivity index (χ1) is 24.0. The van der Waals surface area contributed by atoms with Crippen LogP contribution in [0.2, 0.25) is 5.02 Å². The van der Waals surface area contributed by atoms with Crippen LogP contribution in [0.4, 0.5) is 0 Å². The Morgan fingerprint density at radius 1 is 0.673 bits per heavy atom. The van der Waals surface area contributed by atoms with Gasteiger partial charge >= 0.3 is 0 Å². The maximum absolute atomic E-state index is 9.37. The fourth-order valence-corrected chi connectivity index (χ4v) is 6.23. The van der Waals surface area contributed by atoms with Gasteiger partial charge in [0, 0.05) is 43.6 Å². The first-order valence-corrected chi connectivity index (χ1v) is 19.6. The average Bonchev–Trinajstić information content (AvgIpc) is 3.10. The molecular weight excluding hydrogens is 640 g/mol. The number of halogens is 1. The number of hydrogen-bond donors (Lipinski definition) is 1. The third kappa shape index (κ3) is 13.7. The lowest BCUT2D eigenvalue weighted by Crippen LogP contribution is -2.58. The lowest BCUT2D eigenvalue weighted by Gasteiger charge is -2.46. The van der Waals surface area contributed by atoms with Gasteiger partial charge in [0.2, 0.25) is 0 Å². The van der Waals surface area contributed by atoms with E-state index in [1.165, 1.54) is 0 Å². The minimum Gasteiger partial charge on any atom is -0.493 e. The summed E-state index contributed by atoms with van der Waals surface area (Å²) in [5.74, 6) is 0.720. The van der Waals surface area contributed by atoms with Crippen molar-refractivity contribution in [3.05, 3.63) is 63.7 Å². The minimum atomic E-state index is -0.478. The van der Waals surface area contributed by atoms with E-state index >= 15 is 0 Å². The van der Waals surface area contributed by atoms with E-state index in [4.69, 9.17) is 40.0 Å². The topological polar surface area (TPSA) is 75.6 Å². The lowest BCUT2D eigenvalue weighted by molar-refractivity contribution is -0.268. The molecule has 1 aliphatic rings. The minimum absolute atomic E-state index is 0.134. The van der Waals surface area contributed by atoms with Gasteiger partial charge in [-0.3, -0.25) is 0 Å². The van der Waals surface area contributed by atoms with Gasteiger partial charge in [0.1, 0.15) is 36.3 Å². The molecule has 0 bridgehead atoms. The van der Waals surface area contributed by atoms with Crippen molar-refractivity contribution in [3.8, 4) is 5.75 Å². The molecule has 2 aromatic rings. The second-order valence-corrected chi connectivity index (χ2v) is 13.6. The summed E-state index contributed by atoms with van der Waals surface area (Å²) in [5.41, 5.74) is 4.16. The molecule has 0 saturated carbocycles. The number of benzene rings is 2. The number of ether oxygens (including phenoxy) is 6. The highest BCUT2D eigenvalue weighted by atomic mass is 35.5. The third-order valence-electron chi connectivity index (χ3n) is 9.04. The summed E-state index contributed by atoms with van der Waals surface area (Å²) in [4.78, 5) is 0. The van der Waals surface area contributed by atoms with Crippen LogP contribution >= 0.6 is 11.6 Å². The molecule has 7 nitrogen and oxygen atoms in total. The molecule has 0 unspecified atom stereocenters. The van der Waals surface area contributed by atoms with E-state index < -0.39 is 12.2 Å². The zero-order chi connectivity index (χ0) is 35.3. The molecule has 1 fully saturated rings. The van der Waals surface area contributed by atoms with Crippen LogP contribution in [0.25, 0.3) is 0 Å². The fraction of sp³-hybridized carbons (Fsp3) is 0.707. The second kappa shape index (κ2) is 24.5. The van der Waals surface area contributed by atoms with Crippen LogP contribution in [0.15, 0.2) is 36.4 Å². The molecule has 0 spiro atoms. The van der Waals surface area contributed by atoms with E-state index in [-0.39, 0.29) is 24.9 Å². The lowest BCUT2D eigenvalue weighted by atomic mass is 9.88. The summed E-state index contributed by atoms with van der Waals surface area (Å²) < 4.78 is 40.0. The van der Waals surface area contributed by atoms with E-state index in [9.17, 15) is 5.11 Å². The number of rotatable bonds is 26. The Bertz CT molecular complexity index is 1140. The van der Waals surface area contributed by atoms with Gasteiger partial charge in [0.15, 0.2) is 0 Å². The Morgan fingerprint density at radius 2 is 1.22 bits per heavy atom. The van der Waals surface area contributed by atoms with Gasteiger partial charge in [-0.25, -0.2) is 0 Å². The fourth-order valence-electron chi connectivity index (χ4n) is 6.01. The molecule has 0 aliphatic carbocycles. The number of aliphatic hydroxyl groups excluding tert-OH is 1. The smallest absolute Gasteiger partial charge is 0.126 e. The molecule has 1 heterocycles. The second-order valence-electron chi connectivity index (χ2n) is 13.2. The van der Waals surface area contributed by atoms with Crippen molar-refractivity contribution < 1.29 is 33.5 Å². The molecular formula is C41H65ClO7. The van der Waals surface area contributed by atoms with Crippen molar-refractivity contribution in [2.45, 2.75) is 142 Å². The van der Waals surface area contributed by atoms with Crippen molar-refractivity contribution in [1.29, 1.82) is 0 Å². The molecule has 8 heteroatoms.